The van der Waals surface area contributed by atoms with Crippen LogP contribution in [0.15, 0.2) is 46.8 Å². The Labute approximate surface area is 144 Å². The molecule has 0 spiro atoms. The molecule has 0 bridgehead atoms. The highest BCUT2D eigenvalue weighted by atomic mass is 32.1. The zero-order valence-corrected chi connectivity index (χ0v) is 13.9. The largest absolute Gasteiger partial charge is 0.370 e. The second kappa shape index (κ2) is 7.27. The van der Waals surface area contributed by atoms with Gasteiger partial charge in [-0.2, -0.15) is 0 Å². The molecule has 24 heavy (non-hydrogen) atoms. The lowest BCUT2D eigenvalue weighted by molar-refractivity contribution is 0.0657. The van der Waals surface area contributed by atoms with E-state index in [4.69, 9.17) is 5.73 Å². The van der Waals surface area contributed by atoms with E-state index in [0.717, 1.165) is 6.42 Å². The number of amides is 2. The first-order valence-corrected chi connectivity index (χ1v) is 8.56. The van der Waals surface area contributed by atoms with Crippen LogP contribution >= 0.6 is 11.3 Å². The molecule has 1 aliphatic heterocycles. The van der Waals surface area contributed by atoms with Crippen molar-refractivity contribution in [3.8, 4) is 0 Å². The van der Waals surface area contributed by atoms with E-state index < -0.39 is 0 Å². The van der Waals surface area contributed by atoms with E-state index in [9.17, 15) is 9.59 Å². The van der Waals surface area contributed by atoms with Gasteiger partial charge in [-0.25, -0.2) is 0 Å². The normalized spacial score (nSPS) is 14.2. The van der Waals surface area contributed by atoms with E-state index in [2.05, 4.69) is 16.4 Å². The van der Waals surface area contributed by atoms with Crippen LogP contribution in [0.25, 0.3) is 0 Å². The van der Waals surface area contributed by atoms with Crippen LogP contribution in [0.1, 0.15) is 25.6 Å². The predicted octanol–water partition coefficient (Wildman–Crippen LogP) is 1.49. The quantitative estimate of drug-likeness (QED) is 0.473. The monoisotopic (exact) mass is 342 g/mol. The first-order valence-electron chi connectivity index (χ1n) is 7.68. The topological polar surface area (TPSA) is 87.8 Å². The van der Waals surface area contributed by atoms with E-state index in [-0.39, 0.29) is 18.4 Å². The van der Waals surface area contributed by atoms with Crippen LogP contribution in [0.5, 0.6) is 0 Å². The maximum absolute atomic E-state index is 12.2. The van der Waals surface area contributed by atoms with Gasteiger partial charge in [-0.3, -0.25) is 19.5 Å². The highest BCUT2D eigenvalue weighted by Crippen LogP contribution is 2.21. The molecule has 2 aromatic rings. The van der Waals surface area contributed by atoms with E-state index in [1.165, 1.54) is 9.78 Å². The van der Waals surface area contributed by atoms with E-state index in [1.807, 2.05) is 11.4 Å². The Kier molecular flexibility index (Phi) is 4.90. The van der Waals surface area contributed by atoms with Gasteiger partial charge < -0.3 is 11.1 Å². The SMILES string of the molecule is NC(=NCCc1cccs1)NCCN1C(=O)c2ccccc2C1=O. The zero-order chi connectivity index (χ0) is 16.9. The number of carbonyl (C=O) groups excluding carboxylic acids is 2. The number of benzene rings is 1. The van der Waals surface area contributed by atoms with Crippen molar-refractivity contribution < 1.29 is 9.59 Å². The first kappa shape index (κ1) is 16.2. The molecular weight excluding hydrogens is 324 g/mol. The van der Waals surface area contributed by atoms with Gasteiger partial charge >= 0.3 is 0 Å². The number of aliphatic imine (C=N–C) groups is 1. The number of carbonyl (C=O) groups is 2. The molecule has 0 aliphatic carbocycles. The Morgan fingerprint density at radius 2 is 1.83 bits per heavy atom. The second-order valence-corrected chi connectivity index (χ2v) is 6.36. The summed E-state index contributed by atoms with van der Waals surface area (Å²) >= 11 is 1.69. The van der Waals surface area contributed by atoms with Crippen LogP contribution < -0.4 is 11.1 Å². The van der Waals surface area contributed by atoms with Crippen LogP contribution in [0.4, 0.5) is 0 Å². The number of guanidine groups is 1. The van der Waals surface area contributed by atoms with Crippen molar-refractivity contribution in [1.29, 1.82) is 0 Å². The van der Waals surface area contributed by atoms with Crippen LogP contribution in [-0.4, -0.2) is 42.3 Å². The molecule has 7 heteroatoms. The third-order valence-corrected chi connectivity index (χ3v) is 4.68. The van der Waals surface area contributed by atoms with Gasteiger partial charge in [-0.05, 0) is 23.6 Å². The number of rotatable bonds is 6. The van der Waals surface area contributed by atoms with Crippen LogP contribution in [-0.2, 0) is 6.42 Å². The van der Waals surface area contributed by atoms with Crippen molar-refractivity contribution in [3.63, 3.8) is 0 Å². The lowest BCUT2D eigenvalue weighted by atomic mass is 10.1. The molecule has 124 valence electrons. The summed E-state index contributed by atoms with van der Waals surface area (Å²) < 4.78 is 0. The third-order valence-electron chi connectivity index (χ3n) is 3.74. The molecular formula is C17H18N4O2S. The summed E-state index contributed by atoms with van der Waals surface area (Å²) in [5, 5.41) is 4.97. The summed E-state index contributed by atoms with van der Waals surface area (Å²) in [5.74, 6) is -0.195. The van der Waals surface area contributed by atoms with Crippen molar-refractivity contribution in [1.82, 2.24) is 10.2 Å². The van der Waals surface area contributed by atoms with Gasteiger partial charge in [-0.1, -0.05) is 18.2 Å². The Hall–Kier alpha value is -2.67. The predicted molar refractivity (Wildman–Crippen MR) is 94.3 cm³/mol. The number of thiophene rings is 1. The second-order valence-electron chi connectivity index (χ2n) is 5.33. The molecule has 3 rings (SSSR count). The number of nitrogens with one attached hydrogen (secondary N) is 1. The lowest BCUT2D eigenvalue weighted by Gasteiger charge is -2.14. The summed E-state index contributed by atoms with van der Waals surface area (Å²) in [5.41, 5.74) is 6.72. The summed E-state index contributed by atoms with van der Waals surface area (Å²) in [7, 11) is 0. The molecule has 3 N–H and O–H groups in total. The van der Waals surface area contributed by atoms with Crippen LogP contribution in [0.2, 0.25) is 0 Å². The highest BCUT2D eigenvalue weighted by molar-refractivity contribution is 7.09. The Balaban J connectivity index is 1.46. The summed E-state index contributed by atoms with van der Waals surface area (Å²) in [6.45, 7) is 1.24. The molecule has 0 unspecified atom stereocenters. The van der Waals surface area contributed by atoms with Gasteiger partial charge in [-0.15, -0.1) is 11.3 Å². The van der Waals surface area contributed by atoms with Crippen molar-refractivity contribution >= 4 is 29.1 Å². The first-order chi connectivity index (χ1) is 11.7. The fourth-order valence-electron chi connectivity index (χ4n) is 2.54. The van der Waals surface area contributed by atoms with Crippen molar-refractivity contribution in [3.05, 3.63) is 57.8 Å². The van der Waals surface area contributed by atoms with Gasteiger partial charge in [0, 0.05) is 30.9 Å². The number of nitrogens with zero attached hydrogens (tertiary/aromatic N) is 2. The maximum Gasteiger partial charge on any atom is 0.261 e. The van der Waals surface area contributed by atoms with Crippen LogP contribution in [0.3, 0.4) is 0 Å². The Morgan fingerprint density at radius 3 is 2.46 bits per heavy atom. The number of hydrogen-bond acceptors (Lipinski definition) is 4. The molecule has 1 aromatic heterocycles. The van der Waals surface area contributed by atoms with E-state index in [0.29, 0.717) is 30.2 Å². The van der Waals surface area contributed by atoms with Crippen LogP contribution in [0, 0.1) is 0 Å². The van der Waals surface area contributed by atoms with Gasteiger partial charge in [0.15, 0.2) is 5.96 Å². The molecule has 2 amide bonds. The number of imide groups is 1. The van der Waals surface area contributed by atoms with Gasteiger partial charge in [0.2, 0.25) is 0 Å². The van der Waals surface area contributed by atoms with E-state index >= 15 is 0 Å². The minimum absolute atomic E-state index is 0.257. The fraction of sp³-hybridized carbons (Fsp3) is 0.235. The molecule has 0 radical (unpaired) electrons. The molecule has 1 aliphatic rings. The molecule has 0 atom stereocenters. The molecule has 0 fully saturated rings. The summed E-state index contributed by atoms with van der Waals surface area (Å²) in [4.78, 5) is 31.1. The molecule has 6 nitrogen and oxygen atoms in total. The lowest BCUT2D eigenvalue weighted by Crippen LogP contribution is -2.40. The smallest absolute Gasteiger partial charge is 0.261 e. The van der Waals surface area contributed by atoms with Crippen molar-refractivity contribution in [2.24, 2.45) is 10.7 Å². The number of fused-ring (bicyclic) bond motifs is 1. The Morgan fingerprint density at radius 1 is 1.12 bits per heavy atom. The van der Waals surface area contributed by atoms with Crippen molar-refractivity contribution in [2.45, 2.75) is 6.42 Å². The van der Waals surface area contributed by atoms with Gasteiger partial charge in [0.05, 0.1) is 11.1 Å². The van der Waals surface area contributed by atoms with Gasteiger partial charge in [0.25, 0.3) is 11.8 Å². The standard InChI is InChI=1S/C17H18N4O2S/c18-17(19-8-7-12-4-3-11-24-12)20-9-10-21-15(22)13-5-1-2-6-14(13)16(21)23/h1-6,11H,7-10H2,(H3,18,19,20). The fourth-order valence-corrected chi connectivity index (χ4v) is 3.23. The number of hydrogen-bond donors (Lipinski definition) is 2. The average molecular weight is 342 g/mol. The molecule has 0 saturated heterocycles. The highest BCUT2D eigenvalue weighted by Gasteiger charge is 2.34. The molecule has 1 aromatic carbocycles. The minimum Gasteiger partial charge on any atom is -0.370 e. The summed E-state index contributed by atoms with van der Waals surface area (Å²) in [6, 6.07) is 10.9. The molecule has 2 heterocycles. The summed E-state index contributed by atoms with van der Waals surface area (Å²) in [6.07, 6.45) is 0.846. The minimum atomic E-state index is -0.259. The zero-order valence-electron chi connectivity index (χ0n) is 13.1. The molecule has 0 saturated carbocycles. The maximum atomic E-state index is 12.2. The van der Waals surface area contributed by atoms with Crippen molar-refractivity contribution in [2.75, 3.05) is 19.6 Å². The van der Waals surface area contributed by atoms with Gasteiger partial charge in [0.1, 0.15) is 0 Å². The average Bonchev–Trinajstić information content (AvgIpc) is 3.18. The number of nitrogens with two attached hydrogens (primary N) is 1. The third kappa shape index (κ3) is 3.46. The Bertz CT molecular complexity index is 736. The van der Waals surface area contributed by atoms with E-state index in [1.54, 1.807) is 35.6 Å².